The average Bonchev–Trinajstić information content (AvgIpc) is 0.811. The molecule has 6 heteroatoms. The Balaban J connectivity index is -0.0000000450. The van der Waals surface area contributed by atoms with E-state index < -0.39 is 7.32 Å². The predicted molar refractivity (Wildman–Crippen MR) is 5.75 cm³/mol. The third-order valence-corrected chi connectivity index (χ3v) is 0. The van der Waals surface area contributed by atoms with Crippen LogP contribution >= 0.6 is 0 Å². The van der Waals surface area contributed by atoms with Crippen molar-refractivity contribution in [3.05, 3.63) is 0 Å². The molecular formula is BCuO3Zn. The Kier molecular flexibility index (Phi) is 24.7. The van der Waals surface area contributed by atoms with Gasteiger partial charge in [0.25, 0.3) is 0 Å². The van der Waals surface area contributed by atoms with Gasteiger partial charge in [-0.3, -0.25) is 7.32 Å². The zero-order valence-electron chi connectivity index (χ0n) is 2.81. The van der Waals surface area contributed by atoms with Gasteiger partial charge in [-0.1, -0.05) is 0 Å². The van der Waals surface area contributed by atoms with Crippen LogP contribution in [0.3, 0.4) is 0 Å². The van der Waals surface area contributed by atoms with Crippen LogP contribution in [0, 0.1) is 0 Å². The fourth-order valence-corrected chi connectivity index (χ4v) is 0. The molecule has 0 fully saturated rings. The minimum atomic E-state index is -2.92. The molecule has 0 atom stereocenters. The van der Waals surface area contributed by atoms with Crippen molar-refractivity contribution >= 4 is 7.32 Å². The van der Waals surface area contributed by atoms with Gasteiger partial charge in [0.05, 0.1) is 0 Å². The predicted octanol–water partition coefficient (Wildman–Crippen LogP) is -3.95. The molecule has 0 unspecified atom stereocenters. The molecule has 0 spiro atoms. The molecular weight excluding hydrogens is 188 g/mol. The molecule has 3 nitrogen and oxygen atoms in total. The van der Waals surface area contributed by atoms with Gasteiger partial charge in [-0.05, 0) is 0 Å². The molecule has 0 aromatic heterocycles. The van der Waals surface area contributed by atoms with Gasteiger partial charge in [0.15, 0.2) is 0 Å². The van der Waals surface area contributed by atoms with Crippen molar-refractivity contribution in [3.8, 4) is 0 Å². The van der Waals surface area contributed by atoms with Crippen LogP contribution in [0.25, 0.3) is 0 Å². The zero-order valence-corrected chi connectivity index (χ0v) is 6.72. The quantitative estimate of drug-likeness (QED) is 0.364. The van der Waals surface area contributed by atoms with Crippen molar-refractivity contribution in [1.29, 1.82) is 0 Å². The van der Waals surface area contributed by atoms with Crippen LogP contribution in [-0.2, 0) is 36.5 Å². The van der Waals surface area contributed by atoms with E-state index in [2.05, 4.69) is 0 Å². The SMILES string of the molecule is [Cu+].[O-]B([O-])[O-].[Zn+2]. The van der Waals surface area contributed by atoms with Gasteiger partial charge in [-0.2, -0.15) is 0 Å². The second-order valence-electron chi connectivity index (χ2n) is 0.289. The Morgan fingerprint density at radius 2 is 1.00 bits per heavy atom. The van der Waals surface area contributed by atoms with E-state index >= 15 is 0 Å². The first-order chi connectivity index (χ1) is 1.73. The topological polar surface area (TPSA) is 69.2 Å². The van der Waals surface area contributed by atoms with E-state index in [9.17, 15) is 0 Å². The molecule has 6 heavy (non-hydrogen) atoms. The number of hydrogen-bond acceptors (Lipinski definition) is 3. The molecule has 0 aromatic carbocycles. The summed E-state index contributed by atoms with van der Waals surface area (Å²) in [5.74, 6) is 0. The molecule has 34 valence electrons. The molecule has 0 saturated heterocycles. The van der Waals surface area contributed by atoms with Crippen LogP contribution in [0.1, 0.15) is 0 Å². The molecule has 0 amide bonds. The first kappa shape index (κ1) is 15.7. The van der Waals surface area contributed by atoms with Gasteiger partial charge in [-0.25, -0.2) is 0 Å². The number of hydrogen-bond donors (Lipinski definition) is 0. The third-order valence-electron chi connectivity index (χ3n) is 0. The summed E-state index contributed by atoms with van der Waals surface area (Å²) in [6.07, 6.45) is 0. The second kappa shape index (κ2) is 9.43. The summed E-state index contributed by atoms with van der Waals surface area (Å²) in [7, 11) is -2.92. The van der Waals surface area contributed by atoms with Crippen molar-refractivity contribution in [2.24, 2.45) is 0 Å². The maximum absolute atomic E-state index is 8.42. The summed E-state index contributed by atoms with van der Waals surface area (Å²) >= 11 is 0. The van der Waals surface area contributed by atoms with Crippen LogP contribution in [-0.4, -0.2) is 7.32 Å². The van der Waals surface area contributed by atoms with Crippen LogP contribution in [0.5, 0.6) is 0 Å². The van der Waals surface area contributed by atoms with E-state index in [-0.39, 0.29) is 36.5 Å². The Bertz CT molecular complexity index is 15.5. The van der Waals surface area contributed by atoms with Crippen LogP contribution < -0.4 is 15.1 Å². The molecule has 0 aliphatic rings. The van der Waals surface area contributed by atoms with Gasteiger partial charge in [0.1, 0.15) is 0 Å². The van der Waals surface area contributed by atoms with Crippen molar-refractivity contribution in [2.45, 2.75) is 0 Å². The van der Waals surface area contributed by atoms with Crippen LogP contribution in [0.4, 0.5) is 0 Å². The van der Waals surface area contributed by atoms with E-state index in [1.54, 1.807) is 0 Å². The molecule has 0 rings (SSSR count). The summed E-state index contributed by atoms with van der Waals surface area (Å²) in [4.78, 5) is 0. The standard InChI is InChI=1S/BO3.Cu.Zn/c2-1(3)4;;/q-3;+1;+2. The first-order valence-electron chi connectivity index (χ1n) is 0.707. The summed E-state index contributed by atoms with van der Waals surface area (Å²) in [6.45, 7) is 0. The zero-order chi connectivity index (χ0) is 3.58. The smallest absolute Gasteiger partial charge is 0.907 e. The van der Waals surface area contributed by atoms with Gasteiger partial charge < -0.3 is 15.1 Å². The third kappa shape index (κ3) is 71.8. The van der Waals surface area contributed by atoms with E-state index in [1.807, 2.05) is 0 Å². The maximum atomic E-state index is 8.42. The van der Waals surface area contributed by atoms with Gasteiger partial charge in [0, 0.05) is 0 Å². The molecule has 0 radical (unpaired) electrons. The molecule has 0 aromatic rings. The van der Waals surface area contributed by atoms with Crippen LogP contribution in [0.2, 0.25) is 0 Å². The molecule has 0 aliphatic carbocycles. The van der Waals surface area contributed by atoms with E-state index in [4.69, 9.17) is 15.1 Å². The average molecular weight is 188 g/mol. The molecule has 0 bridgehead atoms. The fraction of sp³-hybridized carbons (Fsp3) is 0. The van der Waals surface area contributed by atoms with Crippen molar-refractivity contribution in [1.82, 2.24) is 0 Å². The minimum Gasteiger partial charge on any atom is -0.907 e. The van der Waals surface area contributed by atoms with Gasteiger partial charge >= 0.3 is 36.5 Å². The van der Waals surface area contributed by atoms with E-state index in [0.717, 1.165) is 0 Å². The van der Waals surface area contributed by atoms with E-state index in [0.29, 0.717) is 0 Å². The summed E-state index contributed by atoms with van der Waals surface area (Å²) in [5.41, 5.74) is 0. The largest absolute Gasteiger partial charge is 2.00 e. The summed E-state index contributed by atoms with van der Waals surface area (Å²) < 4.78 is 0. The molecule has 0 aliphatic heterocycles. The summed E-state index contributed by atoms with van der Waals surface area (Å²) in [5, 5.41) is 25.2. The van der Waals surface area contributed by atoms with Crippen molar-refractivity contribution < 1.29 is 51.6 Å². The fourth-order valence-electron chi connectivity index (χ4n) is 0. The Morgan fingerprint density at radius 1 is 1.00 bits per heavy atom. The normalized spacial score (nSPS) is 4.50. The minimum absolute atomic E-state index is 0. The maximum Gasteiger partial charge on any atom is 2.00 e. The molecule has 0 heterocycles. The van der Waals surface area contributed by atoms with Gasteiger partial charge in [0.2, 0.25) is 0 Å². The van der Waals surface area contributed by atoms with Crippen LogP contribution in [0.15, 0.2) is 0 Å². The van der Waals surface area contributed by atoms with E-state index in [1.165, 1.54) is 0 Å². The Morgan fingerprint density at radius 3 is 1.00 bits per heavy atom. The second-order valence-corrected chi connectivity index (χ2v) is 0.289. The van der Waals surface area contributed by atoms with Crippen molar-refractivity contribution in [2.75, 3.05) is 0 Å². The summed E-state index contributed by atoms with van der Waals surface area (Å²) in [6, 6.07) is 0. The number of rotatable bonds is 0. The van der Waals surface area contributed by atoms with Crippen molar-refractivity contribution in [3.63, 3.8) is 0 Å². The van der Waals surface area contributed by atoms with Gasteiger partial charge in [-0.15, -0.1) is 0 Å². The molecule has 0 N–H and O–H groups in total. The first-order valence-corrected chi connectivity index (χ1v) is 0.707. The monoisotopic (exact) mass is 186 g/mol. The Labute approximate surface area is 59.2 Å². The molecule has 0 saturated carbocycles. The Hall–Kier alpha value is 1.09.